The molecule has 0 aliphatic carbocycles. The lowest BCUT2D eigenvalue weighted by molar-refractivity contribution is 0.0699. The average molecular weight is 464 g/mol. The minimum Gasteiger partial charge on any atom is -0.478 e. The third-order valence-electron chi connectivity index (χ3n) is 4.92. The molecule has 0 saturated carbocycles. The molecule has 0 spiro atoms. The van der Waals surface area contributed by atoms with E-state index in [0.29, 0.717) is 29.3 Å². The van der Waals surface area contributed by atoms with Crippen molar-refractivity contribution in [2.45, 2.75) is 39.7 Å². The number of hydrogen-bond acceptors (Lipinski definition) is 4. The number of benzene rings is 2. The number of carboxylic acid groups (broad SMARTS) is 1. The van der Waals surface area contributed by atoms with Crippen LogP contribution in [0.25, 0.3) is 10.9 Å². The molecule has 0 bridgehead atoms. The van der Waals surface area contributed by atoms with Crippen molar-refractivity contribution in [1.29, 1.82) is 0 Å². The highest BCUT2D eigenvalue weighted by Crippen LogP contribution is 2.21. The third-order valence-corrected chi connectivity index (χ3v) is 4.92. The van der Waals surface area contributed by atoms with Gasteiger partial charge in [-0.15, -0.1) is 0 Å². The number of carbonyl (C=O) groups excluding carboxylic acids is 1. The molecule has 1 amide bonds. The van der Waals surface area contributed by atoms with Crippen molar-refractivity contribution in [3.05, 3.63) is 76.7 Å². The van der Waals surface area contributed by atoms with Gasteiger partial charge in [0, 0.05) is 37.1 Å². The van der Waals surface area contributed by atoms with Crippen LogP contribution in [0.15, 0.2) is 48.5 Å². The van der Waals surface area contributed by atoms with Gasteiger partial charge in [0.25, 0.3) is 5.91 Å². The molecule has 0 saturated heterocycles. The minimum atomic E-state index is -1.15. The van der Waals surface area contributed by atoms with Gasteiger partial charge in [0.05, 0.1) is 11.1 Å². The fourth-order valence-electron chi connectivity index (χ4n) is 3.23. The lowest BCUT2D eigenvalue weighted by Gasteiger charge is -2.17. The van der Waals surface area contributed by atoms with Crippen LogP contribution in [-0.2, 0) is 6.42 Å². The molecule has 7 heteroatoms. The Morgan fingerprint density at radius 3 is 2.38 bits per heavy atom. The summed E-state index contributed by atoms with van der Waals surface area (Å²) in [5.41, 5.74) is 1.96. The molecule has 1 heterocycles. The van der Waals surface area contributed by atoms with Gasteiger partial charge in [-0.25, -0.2) is 14.2 Å². The molecule has 0 radical (unpaired) electrons. The summed E-state index contributed by atoms with van der Waals surface area (Å²) in [4.78, 5) is 30.8. The number of pyridine rings is 1. The lowest BCUT2D eigenvalue weighted by Crippen LogP contribution is -2.36. The van der Waals surface area contributed by atoms with Crippen molar-refractivity contribution in [3.8, 4) is 12.0 Å². The monoisotopic (exact) mass is 463 g/mol. The molecule has 3 aromatic rings. The lowest BCUT2D eigenvalue weighted by atomic mass is 10.0. The maximum absolute atomic E-state index is 13.1. The molecule has 0 aliphatic heterocycles. The van der Waals surface area contributed by atoms with E-state index in [0.717, 1.165) is 5.56 Å². The van der Waals surface area contributed by atoms with Crippen LogP contribution >= 0.6 is 0 Å². The fraction of sp³-hybridized carbons (Fsp3) is 0.296. The molecule has 2 aromatic carbocycles. The van der Waals surface area contributed by atoms with Crippen molar-refractivity contribution in [1.82, 2.24) is 15.2 Å². The number of halogens is 1. The van der Waals surface area contributed by atoms with E-state index < -0.39 is 11.9 Å². The summed E-state index contributed by atoms with van der Waals surface area (Å²) in [6, 6.07) is 15.1. The maximum Gasteiger partial charge on any atom is 0.336 e. The van der Waals surface area contributed by atoms with Crippen LogP contribution in [0.1, 0.15) is 59.2 Å². The van der Waals surface area contributed by atoms with Crippen LogP contribution in [-0.4, -0.2) is 47.0 Å². The predicted molar refractivity (Wildman–Crippen MR) is 132 cm³/mol. The second-order valence-electron chi connectivity index (χ2n) is 7.63. The molecule has 34 heavy (non-hydrogen) atoms. The number of carbonyl (C=O) groups is 2. The Balaban J connectivity index is 0.00000199. The van der Waals surface area contributed by atoms with E-state index in [-0.39, 0.29) is 23.1 Å². The van der Waals surface area contributed by atoms with E-state index in [1.54, 1.807) is 35.2 Å². The third kappa shape index (κ3) is 7.04. The van der Waals surface area contributed by atoms with Crippen molar-refractivity contribution < 1.29 is 19.1 Å². The number of amides is 1. The van der Waals surface area contributed by atoms with E-state index in [4.69, 9.17) is 0 Å². The Hall–Kier alpha value is -3.92. The van der Waals surface area contributed by atoms with Gasteiger partial charge >= 0.3 is 5.97 Å². The Kier molecular flexibility index (Phi) is 9.57. The van der Waals surface area contributed by atoms with Gasteiger partial charge in [0.1, 0.15) is 11.5 Å². The zero-order valence-corrected chi connectivity index (χ0v) is 20.1. The molecule has 1 aromatic heterocycles. The number of rotatable bonds is 6. The highest BCUT2D eigenvalue weighted by Gasteiger charge is 2.19. The molecule has 0 fully saturated rings. The molecule has 2 N–H and O–H groups in total. The normalized spacial score (nSPS) is 10.9. The van der Waals surface area contributed by atoms with Gasteiger partial charge in [0.15, 0.2) is 0 Å². The first-order chi connectivity index (χ1) is 16.3. The van der Waals surface area contributed by atoms with E-state index in [1.165, 1.54) is 18.2 Å². The van der Waals surface area contributed by atoms with Gasteiger partial charge in [0.2, 0.25) is 0 Å². The first-order valence-corrected chi connectivity index (χ1v) is 11.2. The Bertz CT molecular complexity index is 1210. The largest absolute Gasteiger partial charge is 0.478 e. The number of carboxylic acids is 1. The number of nitrogens with one attached hydrogen (secondary N) is 1. The van der Waals surface area contributed by atoms with Crippen molar-refractivity contribution in [3.63, 3.8) is 0 Å². The minimum absolute atomic E-state index is 0.0137. The standard InChI is InChI=1S/C25H24FN3O3.C2H6/c1-4-19(13-16-5-8-18(26)9-6-16)27-24(30)23-15-21(25(31)32)20-14-17(11-12-29(2)3)7-10-22(20)28-23;1-2/h5-10,14-15,19H,4,13H2,1-3H3,(H,27,30)(H,31,32);1-2H3. The number of nitrogens with zero attached hydrogens (tertiary/aromatic N) is 2. The quantitative estimate of drug-likeness (QED) is 0.408. The van der Waals surface area contributed by atoms with E-state index in [2.05, 4.69) is 22.3 Å². The summed E-state index contributed by atoms with van der Waals surface area (Å²) in [7, 11) is 3.62. The first kappa shape index (κ1) is 26.3. The van der Waals surface area contributed by atoms with Gasteiger partial charge in [-0.2, -0.15) is 0 Å². The van der Waals surface area contributed by atoms with Gasteiger partial charge in [-0.3, -0.25) is 4.79 Å². The summed E-state index contributed by atoms with van der Waals surface area (Å²) in [5.74, 6) is 1.03. The fourth-order valence-corrected chi connectivity index (χ4v) is 3.23. The summed E-state index contributed by atoms with van der Waals surface area (Å²) >= 11 is 0. The molecule has 1 atom stereocenters. The van der Waals surface area contributed by atoms with Crippen molar-refractivity contribution in [2.75, 3.05) is 14.1 Å². The molecule has 0 aliphatic rings. The zero-order valence-electron chi connectivity index (χ0n) is 20.1. The van der Waals surface area contributed by atoms with Gasteiger partial charge in [-0.05, 0) is 60.7 Å². The second kappa shape index (κ2) is 12.4. The summed E-state index contributed by atoms with van der Waals surface area (Å²) < 4.78 is 13.1. The van der Waals surface area contributed by atoms with Crippen LogP contribution in [0.4, 0.5) is 4.39 Å². The van der Waals surface area contributed by atoms with Crippen LogP contribution in [0, 0.1) is 17.8 Å². The molecule has 1 unspecified atom stereocenters. The van der Waals surface area contributed by atoms with Crippen molar-refractivity contribution >= 4 is 22.8 Å². The Morgan fingerprint density at radius 1 is 1.12 bits per heavy atom. The average Bonchev–Trinajstić information content (AvgIpc) is 2.83. The summed E-state index contributed by atoms with van der Waals surface area (Å²) in [6.07, 6.45) is 1.17. The van der Waals surface area contributed by atoms with Crippen LogP contribution in [0.5, 0.6) is 0 Å². The smallest absolute Gasteiger partial charge is 0.336 e. The number of aromatic carboxylic acids is 1. The molecule has 3 rings (SSSR count). The maximum atomic E-state index is 13.1. The summed E-state index contributed by atoms with van der Waals surface area (Å²) in [6.45, 7) is 5.93. The van der Waals surface area contributed by atoms with Gasteiger partial charge in [-0.1, -0.05) is 32.9 Å². The topological polar surface area (TPSA) is 82.5 Å². The van der Waals surface area contributed by atoms with Crippen LogP contribution in [0.3, 0.4) is 0 Å². The van der Waals surface area contributed by atoms with E-state index in [9.17, 15) is 19.1 Å². The second-order valence-corrected chi connectivity index (χ2v) is 7.63. The molecular formula is C27H30FN3O3. The Morgan fingerprint density at radius 2 is 1.79 bits per heavy atom. The number of aromatic nitrogens is 1. The molecule has 178 valence electrons. The number of fused-ring (bicyclic) bond motifs is 1. The zero-order chi connectivity index (χ0) is 25.3. The highest BCUT2D eigenvalue weighted by molar-refractivity contribution is 6.06. The number of hydrogen-bond donors (Lipinski definition) is 2. The Labute approximate surface area is 199 Å². The van der Waals surface area contributed by atoms with Crippen molar-refractivity contribution in [2.24, 2.45) is 0 Å². The predicted octanol–water partition coefficient (Wildman–Crippen LogP) is 4.72. The van der Waals surface area contributed by atoms with E-state index >= 15 is 0 Å². The molecular weight excluding hydrogens is 433 g/mol. The summed E-state index contributed by atoms with van der Waals surface area (Å²) in [5, 5.41) is 13.0. The first-order valence-electron chi connectivity index (χ1n) is 11.2. The van der Waals surface area contributed by atoms with Crippen LogP contribution in [0.2, 0.25) is 0 Å². The SMILES string of the molecule is CC.CCC(Cc1ccc(F)cc1)NC(=O)c1cc(C(=O)O)c2cc(C#CN(C)C)ccc2n1. The van der Waals surface area contributed by atoms with Crippen LogP contribution < -0.4 is 5.32 Å². The molecule has 6 nitrogen and oxygen atoms in total. The van der Waals surface area contributed by atoms with E-state index in [1.807, 2.05) is 34.9 Å². The highest BCUT2D eigenvalue weighted by atomic mass is 19.1. The van der Waals surface area contributed by atoms with Gasteiger partial charge < -0.3 is 15.3 Å².